The Hall–Kier alpha value is -2.23. The van der Waals surface area contributed by atoms with Gasteiger partial charge in [-0.15, -0.1) is 0 Å². The van der Waals surface area contributed by atoms with E-state index in [0.29, 0.717) is 0 Å². The molecule has 112 valence electrons. The van der Waals surface area contributed by atoms with Crippen molar-refractivity contribution >= 4 is 18.0 Å². The lowest BCUT2D eigenvalue weighted by Crippen LogP contribution is -2.38. The Morgan fingerprint density at radius 3 is 2.05 bits per heavy atom. The van der Waals surface area contributed by atoms with Gasteiger partial charge in [0.2, 0.25) is 0 Å². The zero-order chi connectivity index (χ0) is 15.3. The molecule has 0 aromatic heterocycles. The molecule has 1 aromatic rings. The highest BCUT2D eigenvalue weighted by Crippen LogP contribution is 2.49. The molecule has 4 aliphatic rings. The topological polar surface area (TPSA) is 49.7 Å². The Labute approximate surface area is 129 Å². The van der Waals surface area contributed by atoms with Gasteiger partial charge in [-0.05, 0) is 37.2 Å². The quantitative estimate of drug-likeness (QED) is 0.478. The average molecular weight is 294 g/mol. The van der Waals surface area contributed by atoms with Crippen LogP contribution < -0.4 is 0 Å². The minimum atomic E-state index is -0.189. The number of hydrazone groups is 1. The molecule has 1 aliphatic heterocycles. The minimum Gasteiger partial charge on any atom is -0.272 e. The smallest absolute Gasteiger partial charge is 0.254 e. The van der Waals surface area contributed by atoms with Crippen LogP contribution in [0.1, 0.15) is 24.0 Å². The summed E-state index contributed by atoms with van der Waals surface area (Å²) in [5.74, 6) is -0.204. The summed E-state index contributed by atoms with van der Waals surface area (Å²) in [6, 6.07) is 7.84. The number of hydrogen-bond acceptors (Lipinski definition) is 3. The van der Waals surface area contributed by atoms with Crippen molar-refractivity contribution in [2.24, 2.45) is 28.8 Å². The second kappa shape index (κ2) is 4.90. The van der Waals surface area contributed by atoms with E-state index in [1.54, 1.807) is 6.21 Å². The zero-order valence-corrected chi connectivity index (χ0v) is 12.5. The largest absolute Gasteiger partial charge is 0.272 e. The second-order valence-electron chi connectivity index (χ2n) is 6.49. The summed E-state index contributed by atoms with van der Waals surface area (Å²) < 4.78 is 0. The normalized spacial score (nSPS) is 33.0. The van der Waals surface area contributed by atoms with E-state index in [-0.39, 0.29) is 35.5 Å². The van der Waals surface area contributed by atoms with E-state index in [0.717, 1.165) is 23.4 Å². The molecular formula is C18H18N2O2. The first kappa shape index (κ1) is 13.4. The van der Waals surface area contributed by atoms with E-state index in [4.69, 9.17) is 0 Å². The maximum Gasteiger partial charge on any atom is 0.254 e. The lowest BCUT2D eigenvalue weighted by Gasteiger charge is -2.37. The number of carbonyl (C=O) groups excluding carboxylic acids is 2. The number of rotatable bonds is 2. The van der Waals surface area contributed by atoms with Gasteiger partial charge in [0.05, 0.1) is 18.1 Å². The molecule has 0 radical (unpaired) electrons. The third-order valence-corrected chi connectivity index (χ3v) is 5.14. The van der Waals surface area contributed by atoms with E-state index in [9.17, 15) is 9.59 Å². The average Bonchev–Trinajstić information content (AvgIpc) is 2.82. The monoisotopic (exact) mass is 294 g/mol. The van der Waals surface area contributed by atoms with Crippen LogP contribution in [0.25, 0.3) is 0 Å². The van der Waals surface area contributed by atoms with Crippen LogP contribution in [0, 0.1) is 30.6 Å². The molecule has 1 saturated carbocycles. The van der Waals surface area contributed by atoms with Crippen LogP contribution in [0.3, 0.4) is 0 Å². The summed E-state index contributed by atoms with van der Waals surface area (Å²) in [6.45, 7) is 2.02. The third-order valence-electron chi connectivity index (χ3n) is 5.14. The van der Waals surface area contributed by atoms with Crippen molar-refractivity contribution in [2.75, 3.05) is 0 Å². The van der Waals surface area contributed by atoms with E-state index in [1.165, 1.54) is 5.56 Å². The standard InChI is InChI=1S/C18H18N2O2/c1-11-2-4-12(5-3-11)10-19-20-17(21)15-13-6-7-14(9-8-13)16(15)18(20)22/h2-7,10,13-16H,8-9H2,1H3. The van der Waals surface area contributed by atoms with Crippen LogP contribution in [0.15, 0.2) is 41.5 Å². The van der Waals surface area contributed by atoms with Crippen molar-refractivity contribution in [1.82, 2.24) is 5.01 Å². The first-order valence-electron chi connectivity index (χ1n) is 7.82. The maximum absolute atomic E-state index is 12.6. The van der Waals surface area contributed by atoms with E-state index >= 15 is 0 Å². The summed E-state index contributed by atoms with van der Waals surface area (Å²) >= 11 is 0. The van der Waals surface area contributed by atoms with Gasteiger partial charge >= 0.3 is 0 Å². The molecule has 0 spiro atoms. The van der Waals surface area contributed by atoms with Crippen molar-refractivity contribution in [3.63, 3.8) is 0 Å². The summed E-state index contributed by atoms with van der Waals surface area (Å²) in [5.41, 5.74) is 2.06. The summed E-state index contributed by atoms with van der Waals surface area (Å²) in [6.07, 6.45) is 7.86. The number of nitrogens with zero attached hydrogens (tertiary/aromatic N) is 2. The fourth-order valence-electron chi connectivity index (χ4n) is 3.95. The SMILES string of the molecule is Cc1ccc(C=NN2C(=O)C3C4C=CC(CC4)C3C2=O)cc1. The maximum atomic E-state index is 12.6. The summed E-state index contributed by atoms with van der Waals surface area (Å²) in [7, 11) is 0. The van der Waals surface area contributed by atoms with Crippen LogP contribution in [0.2, 0.25) is 0 Å². The molecule has 1 aromatic carbocycles. The Balaban J connectivity index is 1.60. The van der Waals surface area contributed by atoms with Gasteiger partial charge in [-0.1, -0.05) is 42.0 Å². The third kappa shape index (κ3) is 1.94. The predicted molar refractivity (Wildman–Crippen MR) is 83.0 cm³/mol. The van der Waals surface area contributed by atoms with Crippen molar-refractivity contribution in [2.45, 2.75) is 19.8 Å². The van der Waals surface area contributed by atoms with Gasteiger partial charge in [-0.2, -0.15) is 10.1 Å². The molecule has 1 heterocycles. The van der Waals surface area contributed by atoms with Crippen LogP contribution in [-0.4, -0.2) is 23.0 Å². The fraction of sp³-hybridized carbons (Fsp3) is 0.389. The molecule has 1 saturated heterocycles. The molecule has 4 atom stereocenters. The number of carbonyl (C=O) groups is 2. The molecular weight excluding hydrogens is 276 g/mol. The first-order valence-corrected chi connectivity index (χ1v) is 7.82. The molecule has 4 nitrogen and oxygen atoms in total. The van der Waals surface area contributed by atoms with Gasteiger partial charge < -0.3 is 0 Å². The van der Waals surface area contributed by atoms with Crippen LogP contribution in [0.5, 0.6) is 0 Å². The van der Waals surface area contributed by atoms with Gasteiger partial charge in [-0.3, -0.25) is 9.59 Å². The highest BCUT2D eigenvalue weighted by atomic mass is 16.2. The molecule has 4 heteroatoms. The molecule has 4 unspecified atom stereocenters. The van der Waals surface area contributed by atoms with Crippen molar-refractivity contribution in [1.29, 1.82) is 0 Å². The molecule has 22 heavy (non-hydrogen) atoms. The number of imide groups is 1. The summed E-state index contributed by atoms with van der Waals surface area (Å²) in [4.78, 5) is 25.1. The van der Waals surface area contributed by atoms with Gasteiger partial charge in [0.25, 0.3) is 11.8 Å². The number of fused-ring (bicyclic) bond motifs is 1. The second-order valence-corrected chi connectivity index (χ2v) is 6.49. The van der Waals surface area contributed by atoms with Gasteiger partial charge in [0, 0.05) is 0 Å². The van der Waals surface area contributed by atoms with Crippen LogP contribution >= 0.6 is 0 Å². The zero-order valence-electron chi connectivity index (χ0n) is 12.5. The molecule has 5 rings (SSSR count). The van der Waals surface area contributed by atoms with E-state index in [1.807, 2.05) is 31.2 Å². The number of benzene rings is 1. The number of allylic oxidation sites excluding steroid dienone is 2. The van der Waals surface area contributed by atoms with Gasteiger partial charge in [0.15, 0.2) is 0 Å². The molecule has 2 amide bonds. The number of hydrogen-bond donors (Lipinski definition) is 0. The van der Waals surface area contributed by atoms with Gasteiger partial charge in [0.1, 0.15) is 0 Å². The van der Waals surface area contributed by atoms with Crippen LogP contribution in [0.4, 0.5) is 0 Å². The Bertz CT molecular complexity index is 658. The highest BCUT2D eigenvalue weighted by Gasteiger charge is 2.56. The van der Waals surface area contributed by atoms with E-state index in [2.05, 4.69) is 17.3 Å². The van der Waals surface area contributed by atoms with Crippen molar-refractivity contribution in [3.8, 4) is 0 Å². The lowest BCUT2D eigenvalue weighted by atomic mass is 9.63. The Morgan fingerprint density at radius 1 is 1.00 bits per heavy atom. The minimum absolute atomic E-state index is 0.127. The molecule has 2 fully saturated rings. The molecule has 2 bridgehead atoms. The Morgan fingerprint density at radius 2 is 1.55 bits per heavy atom. The van der Waals surface area contributed by atoms with Crippen molar-refractivity contribution < 1.29 is 9.59 Å². The molecule has 3 aliphatic carbocycles. The number of aryl methyl sites for hydroxylation is 1. The predicted octanol–water partition coefficient (Wildman–Crippen LogP) is 2.53. The summed E-state index contributed by atoms with van der Waals surface area (Å²) in [5, 5.41) is 5.29. The fourth-order valence-corrected chi connectivity index (χ4v) is 3.95. The highest BCUT2D eigenvalue weighted by molar-refractivity contribution is 6.06. The van der Waals surface area contributed by atoms with Gasteiger partial charge in [-0.25, -0.2) is 0 Å². The Kier molecular flexibility index (Phi) is 2.99. The van der Waals surface area contributed by atoms with Crippen molar-refractivity contribution in [3.05, 3.63) is 47.5 Å². The van der Waals surface area contributed by atoms with Crippen LogP contribution in [-0.2, 0) is 9.59 Å². The van der Waals surface area contributed by atoms with E-state index < -0.39 is 0 Å². The lowest BCUT2D eigenvalue weighted by molar-refractivity contribution is -0.140. The first-order chi connectivity index (χ1) is 10.6. The molecule has 0 N–H and O–H groups in total. The number of amides is 2.